The Bertz CT molecular complexity index is 457. The van der Waals surface area contributed by atoms with Gasteiger partial charge in [-0.25, -0.2) is 0 Å². The highest BCUT2D eigenvalue weighted by molar-refractivity contribution is 5.91. The number of carbonyl (C=O) groups excluding carboxylic acids is 1. The van der Waals surface area contributed by atoms with Gasteiger partial charge in [-0.3, -0.25) is 9.89 Å². The number of rotatable bonds is 3. The molecule has 1 unspecified atom stereocenters. The average Bonchev–Trinajstić information content (AvgIpc) is 2.81. The Morgan fingerprint density at radius 3 is 2.67 bits per heavy atom. The van der Waals surface area contributed by atoms with Crippen molar-refractivity contribution >= 4 is 11.7 Å². The Balaban J connectivity index is 1.57. The van der Waals surface area contributed by atoms with Crippen LogP contribution in [0.2, 0.25) is 0 Å². The highest BCUT2D eigenvalue weighted by Crippen LogP contribution is 2.31. The van der Waals surface area contributed by atoms with E-state index >= 15 is 0 Å². The van der Waals surface area contributed by atoms with Crippen LogP contribution in [0.1, 0.15) is 63.0 Å². The minimum absolute atomic E-state index is 0.0804. The molecule has 1 aromatic rings. The third-order valence-electron chi connectivity index (χ3n) is 4.81. The molecule has 0 radical (unpaired) electrons. The van der Waals surface area contributed by atoms with Crippen molar-refractivity contribution in [3.63, 3.8) is 0 Å². The maximum absolute atomic E-state index is 12.2. The maximum atomic E-state index is 12.2. The summed E-state index contributed by atoms with van der Waals surface area (Å²) in [6, 6.07) is 2.03. The minimum atomic E-state index is 0.0804. The van der Waals surface area contributed by atoms with Crippen molar-refractivity contribution in [2.24, 2.45) is 5.92 Å². The van der Waals surface area contributed by atoms with Gasteiger partial charge in [-0.2, -0.15) is 5.10 Å². The number of nitrogens with one attached hydrogen (secondary N) is 3. The maximum Gasteiger partial charge on any atom is 0.229 e. The monoisotopic (exact) mass is 290 g/mol. The Labute approximate surface area is 126 Å². The molecule has 1 atom stereocenters. The van der Waals surface area contributed by atoms with E-state index < -0.39 is 0 Å². The van der Waals surface area contributed by atoms with E-state index in [1.54, 1.807) is 0 Å². The van der Waals surface area contributed by atoms with E-state index in [9.17, 15) is 4.79 Å². The molecule has 3 N–H and O–H groups in total. The van der Waals surface area contributed by atoms with E-state index in [2.05, 4.69) is 20.8 Å². The highest BCUT2D eigenvalue weighted by atomic mass is 16.2. The van der Waals surface area contributed by atoms with Gasteiger partial charge in [-0.05, 0) is 32.2 Å². The summed E-state index contributed by atoms with van der Waals surface area (Å²) in [6.07, 6.45) is 9.83. The lowest BCUT2D eigenvalue weighted by Gasteiger charge is -2.21. The third-order valence-corrected chi connectivity index (χ3v) is 4.81. The molecule has 1 aromatic heterocycles. The zero-order chi connectivity index (χ0) is 14.5. The number of piperidine rings is 1. The van der Waals surface area contributed by atoms with Gasteiger partial charge in [0.2, 0.25) is 5.91 Å². The summed E-state index contributed by atoms with van der Waals surface area (Å²) in [6.45, 7) is 1.81. The standard InChI is InChI=1S/C16H26N4O/c21-16(13-8-5-9-17-11-13)18-15-10-14(19-20-15)12-6-3-1-2-4-7-12/h10,12-13,17H,1-9,11H2,(H2,18,19,20,21). The van der Waals surface area contributed by atoms with Gasteiger partial charge in [-0.15, -0.1) is 0 Å². The molecule has 116 valence electrons. The number of nitrogens with zero attached hydrogens (tertiary/aromatic N) is 1. The van der Waals surface area contributed by atoms with Gasteiger partial charge in [0.15, 0.2) is 5.82 Å². The summed E-state index contributed by atoms with van der Waals surface area (Å²) in [7, 11) is 0. The summed E-state index contributed by atoms with van der Waals surface area (Å²) in [5.41, 5.74) is 1.19. The molecule has 1 aliphatic heterocycles. The van der Waals surface area contributed by atoms with Crippen molar-refractivity contribution in [2.75, 3.05) is 18.4 Å². The molecule has 2 aliphatic rings. The summed E-state index contributed by atoms with van der Waals surface area (Å²) in [5.74, 6) is 1.45. The van der Waals surface area contributed by atoms with Crippen molar-refractivity contribution in [2.45, 2.75) is 57.3 Å². The SMILES string of the molecule is O=C(Nc1cc(C2CCCCCC2)[nH]n1)C1CCCNC1. The van der Waals surface area contributed by atoms with Gasteiger partial charge in [0.1, 0.15) is 0 Å². The number of amides is 1. The van der Waals surface area contributed by atoms with Gasteiger partial charge >= 0.3 is 0 Å². The number of aromatic amines is 1. The van der Waals surface area contributed by atoms with E-state index in [1.807, 2.05) is 6.07 Å². The molecule has 0 aromatic carbocycles. The number of anilines is 1. The van der Waals surface area contributed by atoms with E-state index in [0.29, 0.717) is 11.7 Å². The summed E-state index contributed by atoms with van der Waals surface area (Å²) < 4.78 is 0. The van der Waals surface area contributed by atoms with E-state index in [-0.39, 0.29) is 11.8 Å². The molecule has 5 heteroatoms. The number of hydrogen-bond donors (Lipinski definition) is 3. The largest absolute Gasteiger partial charge is 0.316 e. The predicted octanol–water partition coefficient (Wildman–Crippen LogP) is 2.79. The first-order valence-electron chi connectivity index (χ1n) is 8.40. The summed E-state index contributed by atoms with van der Waals surface area (Å²) in [5, 5.41) is 13.7. The summed E-state index contributed by atoms with van der Waals surface area (Å²) >= 11 is 0. The highest BCUT2D eigenvalue weighted by Gasteiger charge is 2.22. The Hall–Kier alpha value is -1.36. The molecule has 1 amide bonds. The number of carbonyl (C=O) groups is 1. The second-order valence-electron chi connectivity index (χ2n) is 6.43. The third kappa shape index (κ3) is 3.84. The first-order chi connectivity index (χ1) is 10.3. The fraction of sp³-hybridized carbons (Fsp3) is 0.750. The van der Waals surface area contributed by atoms with Crippen LogP contribution in [0.15, 0.2) is 6.07 Å². The van der Waals surface area contributed by atoms with Crippen LogP contribution in [-0.2, 0) is 4.79 Å². The second kappa shape index (κ2) is 7.07. The lowest BCUT2D eigenvalue weighted by atomic mass is 9.97. The molecule has 2 heterocycles. The van der Waals surface area contributed by atoms with Gasteiger partial charge in [-0.1, -0.05) is 25.7 Å². The number of aromatic nitrogens is 2. The van der Waals surface area contributed by atoms with Crippen molar-refractivity contribution in [3.8, 4) is 0 Å². The number of hydrogen-bond acceptors (Lipinski definition) is 3. The van der Waals surface area contributed by atoms with Crippen molar-refractivity contribution in [3.05, 3.63) is 11.8 Å². The van der Waals surface area contributed by atoms with Gasteiger partial charge < -0.3 is 10.6 Å². The smallest absolute Gasteiger partial charge is 0.229 e. The fourth-order valence-electron chi connectivity index (χ4n) is 3.50. The van der Waals surface area contributed by atoms with E-state index in [1.165, 1.54) is 44.2 Å². The molecule has 1 aliphatic carbocycles. The topological polar surface area (TPSA) is 69.8 Å². The first-order valence-corrected chi connectivity index (χ1v) is 8.40. The van der Waals surface area contributed by atoms with E-state index in [4.69, 9.17) is 0 Å². The Morgan fingerprint density at radius 1 is 1.14 bits per heavy atom. The number of H-pyrrole nitrogens is 1. The average molecular weight is 290 g/mol. The van der Waals surface area contributed by atoms with Crippen molar-refractivity contribution < 1.29 is 4.79 Å². The van der Waals surface area contributed by atoms with Crippen LogP contribution in [0, 0.1) is 5.92 Å². The molecule has 0 spiro atoms. The van der Waals surface area contributed by atoms with Crippen molar-refractivity contribution in [1.29, 1.82) is 0 Å². The van der Waals surface area contributed by atoms with Crippen LogP contribution < -0.4 is 10.6 Å². The van der Waals surface area contributed by atoms with Crippen LogP contribution in [0.3, 0.4) is 0 Å². The molecular weight excluding hydrogens is 264 g/mol. The van der Waals surface area contributed by atoms with Crippen LogP contribution in [-0.4, -0.2) is 29.2 Å². The molecule has 5 nitrogen and oxygen atoms in total. The molecule has 3 rings (SSSR count). The van der Waals surface area contributed by atoms with Crippen LogP contribution in [0.25, 0.3) is 0 Å². The quantitative estimate of drug-likeness (QED) is 0.750. The normalized spacial score (nSPS) is 24.5. The molecule has 21 heavy (non-hydrogen) atoms. The van der Waals surface area contributed by atoms with Gasteiger partial charge in [0, 0.05) is 24.2 Å². The molecule has 0 bridgehead atoms. The Kier molecular flexibility index (Phi) is 4.91. The lowest BCUT2D eigenvalue weighted by molar-refractivity contribution is -0.120. The molecule has 1 saturated carbocycles. The summed E-state index contributed by atoms with van der Waals surface area (Å²) in [4.78, 5) is 12.2. The minimum Gasteiger partial charge on any atom is -0.316 e. The predicted molar refractivity (Wildman–Crippen MR) is 83.3 cm³/mol. The second-order valence-corrected chi connectivity index (χ2v) is 6.43. The zero-order valence-electron chi connectivity index (χ0n) is 12.7. The van der Waals surface area contributed by atoms with Crippen molar-refractivity contribution in [1.82, 2.24) is 15.5 Å². The zero-order valence-corrected chi connectivity index (χ0v) is 12.7. The lowest BCUT2D eigenvalue weighted by Crippen LogP contribution is -2.37. The fourth-order valence-corrected chi connectivity index (χ4v) is 3.50. The molecular formula is C16H26N4O. The van der Waals surface area contributed by atoms with Crippen LogP contribution in [0.4, 0.5) is 5.82 Å². The van der Waals surface area contributed by atoms with Crippen LogP contribution in [0.5, 0.6) is 0 Å². The Morgan fingerprint density at radius 2 is 1.95 bits per heavy atom. The van der Waals surface area contributed by atoms with Gasteiger partial charge in [0.25, 0.3) is 0 Å². The molecule has 1 saturated heterocycles. The van der Waals surface area contributed by atoms with Gasteiger partial charge in [0.05, 0.1) is 5.92 Å². The molecule has 2 fully saturated rings. The van der Waals surface area contributed by atoms with Crippen LogP contribution >= 0.6 is 0 Å². The first kappa shape index (κ1) is 14.6. The van der Waals surface area contributed by atoms with E-state index in [0.717, 1.165) is 25.9 Å².